The van der Waals surface area contributed by atoms with E-state index in [4.69, 9.17) is 10.6 Å². The van der Waals surface area contributed by atoms with E-state index in [0.29, 0.717) is 5.92 Å². The van der Waals surface area contributed by atoms with Gasteiger partial charge in [0.1, 0.15) is 0 Å². The number of hydrogen-bond donors (Lipinski definition) is 2. The molecule has 4 heteroatoms. The molecular formula is C12H24N2O2. The summed E-state index contributed by atoms with van der Waals surface area (Å²) in [6.07, 6.45) is 3.98. The summed E-state index contributed by atoms with van der Waals surface area (Å²) >= 11 is 0. The van der Waals surface area contributed by atoms with Gasteiger partial charge in [0, 0.05) is 5.92 Å². The molecule has 1 aliphatic carbocycles. The van der Waals surface area contributed by atoms with Crippen LogP contribution < -0.4 is 11.2 Å². The third-order valence-corrected chi connectivity index (χ3v) is 3.01. The van der Waals surface area contributed by atoms with Crippen LogP contribution in [-0.2, 0) is 9.63 Å². The van der Waals surface area contributed by atoms with E-state index in [-0.39, 0.29) is 17.4 Å². The molecule has 4 nitrogen and oxygen atoms in total. The zero-order valence-electron chi connectivity index (χ0n) is 10.6. The van der Waals surface area contributed by atoms with Crippen molar-refractivity contribution in [3.63, 3.8) is 0 Å². The maximum Gasteiger partial charge on any atom is 0.246 e. The second-order valence-electron chi connectivity index (χ2n) is 5.63. The molecule has 1 fully saturated rings. The minimum Gasteiger partial charge on any atom is -0.330 e. The van der Waals surface area contributed by atoms with Crippen LogP contribution in [-0.4, -0.2) is 18.1 Å². The Morgan fingerprint density at radius 1 is 1.31 bits per heavy atom. The Bertz CT molecular complexity index is 228. The van der Waals surface area contributed by atoms with E-state index in [1.807, 2.05) is 20.8 Å². The average Bonchev–Trinajstić information content (AvgIpc) is 2.25. The van der Waals surface area contributed by atoms with Crippen LogP contribution >= 0.6 is 0 Å². The van der Waals surface area contributed by atoms with Crippen LogP contribution in [0.4, 0.5) is 0 Å². The molecule has 0 radical (unpaired) electrons. The minimum atomic E-state index is -0.329. The SMILES string of the molecule is CC(C)(C)ONC(=O)C1CCC(CN)CC1. The number of rotatable bonds is 3. The second-order valence-corrected chi connectivity index (χ2v) is 5.63. The van der Waals surface area contributed by atoms with Crippen molar-refractivity contribution in [3.05, 3.63) is 0 Å². The first kappa shape index (κ1) is 13.5. The third kappa shape index (κ3) is 4.49. The second kappa shape index (κ2) is 5.64. The van der Waals surface area contributed by atoms with Crippen molar-refractivity contribution in [2.75, 3.05) is 6.54 Å². The van der Waals surface area contributed by atoms with E-state index in [1.165, 1.54) is 0 Å². The molecule has 1 aliphatic rings. The number of hydroxylamine groups is 1. The zero-order chi connectivity index (χ0) is 12.2. The van der Waals surface area contributed by atoms with Gasteiger partial charge < -0.3 is 5.73 Å². The van der Waals surface area contributed by atoms with Gasteiger partial charge in [-0.25, -0.2) is 5.48 Å². The van der Waals surface area contributed by atoms with Gasteiger partial charge in [-0.1, -0.05) is 0 Å². The van der Waals surface area contributed by atoms with Crippen molar-refractivity contribution in [1.29, 1.82) is 0 Å². The lowest BCUT2D eigenvalue weighted by Crippen LogP contribution is -2.38. The molecule has 0 aromatic heterocycles. The van der Waals surface area contributed by atoms with Crippen molar-refractivity contribution in [2.45, 2.75) is 52.1 Å². The smallest absolute Gasteiger partial charge is 0.246 e. The van der Waals surface area contributed by atoms with E-state index in [1.54, 1.807) is 0 Å². The average molecular weight is 228 g/mol. The molecule has 0 spiro atoms. The normalized spacial score (nSPS) is 26.5. The van der Waals surface area contributed by atoms with Gasteiger partial charge in [-0.2, -0.15) is 0 Å². The number of carbonyl (C=O) groups is 1. The highest BCUT2D eigenvalue weighted by Crippen LogP contribution is 2.28. The fourth-order valence-electron chi connectivity index (χ4n) is 1.95. The lowest BCUT2D eigenvalue weighted by molar-refractivity contribution is -0.150. The first-order valence-electron chi connectivity index (χ1n) is 6.10. The predicted molar refractivity (Wildman–Crippen MR) is 63.5 cm³/mol. The summed E-state index contributed by atoms with van der Waals surface area (Å²) < 4.78 is 0. The molecule has 0 aromatic carbocycles. The summed E-state index contributed by atoms with van der Waals surface area (Å²) in [4.78, 5) is 17.0. The fraction of sp³-hybridized carbons (Fsp3) is 0.917. The topological polar surface area (TPSA) is 64.3 Å². The molecule has 16 heavy (non-hydrogen) atoms. The standard InChI is InChI=1S/C12H24N2O2/c1-12(2,3)16-14-11(15)10-6-4-9(8-13)5-7-10/h9-10H,4-8,13H2,1-3H3,(H,14,15). The number of amides is 1. The van der Waals surface area contributed by atoms with Crippen molar-refractivity contribution in [2.24, 2.45) is 17.6 Å². The molecule has 94 valence electrons. The third-order valence-electron chi connectivity index (χ3n) is 3.01. The van der Waals surface area contributed by atoms with Crippen molar-refractivity contribution in [3.8, 4) is 0 Å². The van der Waals surface area contributed by atoms with Gasteiger partial charge in [0.15, 0.2) is 0 Å². The highest BCUT2D eigenvalue weighted by molar-refractivity contribution is 5.77. The largest absolute Gasteiger partial charge is 0.330 e. The Morgan fingerprint density at radius 3 is 2.31 bits per heavy atom. The van der Waals surface area contributed by atoms with E-state index in [2.05, 4.69) is 5.48 Å². The quantitative estimate of drug-likeness (QED) is 0.721. The van der Waals surface area contributed by atoms with Crippen LogP contribution in [0.5, 0.6) is 0 Å². The Morgan fingerprint density at radius 2 is 1.88 bits per heavy atom. The van der Waals surface area contributed by atoms with E-state index in [0.717, 1.165) is 32.2 Å². The summed E-state index contributed by atoms with van der Waals surface area (Å²) in [5.74, 6) is 0.725. The molecule has 3 N–H and O–H groups in total. The predicted octanol–water partition coefficient (Wildman–Crippen LogP) is 1.60. The summed E-state index contributed by atoms with van der Waals surface area (Å²) in [7, 11) is 0. The van der Waals surface area contributed by atoms with Crippen molar-refractivity contribution in [1.82, 2.24) is 5.48 Å². The maximum absolute atomic E-state index is 11.8. The summed E-state index contributed by atoms with van der Waals surface area (Å²) in [5.41, 5.74) is 7.84. The van der Waals surface area contributed by atoms with Crippen molar-refractivity contribution >= 4 is 5.91 Å². The van der Waals surface area contributed by atoms with Gasteiger partial charge in [0.2, 0.25) is 5.91 Å². The molecule has 0 aliphatic heterocycles. The molecular weight excluding hydrogens is 204 g/mol. The van der Waals surface area contributed by atoms with Gasteiger partial charge in [-0.3, -0.25) is 9.63 Å². The summed E-state index contributed by atoms with van der Waals surface area (Å²) in [6.45, 7) is 6.49. The number of nitrogens with two attached hydrogens (primary N) is 1. The van der Waals surface area contributed by atoms with Crippen LogP contribution in [0.1, 0.15) is 46.5 Å². The highest BCUT2D eigenvalue weighted by atomic mass is 16.7. The van der Waals surface area contributed by atoms with Crippen LogP contribution in [0.25, 0.3) is 0 Å². The molecule has 0 bridgehead atoms. The Balaban J connectivity index is 2.28. The Kier molecular flexibility index (Phi) is 4.74. The molecule has 1 saturated carbocycles. The molecule has 0 aromatic rings. The molecule has 1 rings (SSSR count). The Labute approximate surface area is 97.9 Å². The lowest BCUT2D eigenvalue weighted by atomic mass is 9.82. The van der Waals surface area contributed by atoms with Gasteiger partial charge in [-0.15, -0.1) is 0 Å². The maximum atomic E-state index is 11.8. The van der Waals surface area contributed by atoms with E-state index in [9.17, 15) is 4.79 Å². The summed E-state index contributed by atoms with van der Waals surface area (Å²) in [6, 6.07) is 0. The van der Waals surface area contributed by atoms with Crippen LogP contribution in [0.2, 0.25) is 0 Å². The monoisotopic (exact) mass is 228 g/mol. The first-order valence-corrected chi connectivity index (χ1v) is 6.10. The molecule has 0 heterocycles. The van der Waals surface area contributed by atoms with Gasteiger partial charge in [-0.05, 0) is 58.9 Å². The van der Waals surface area contributed by atoms with E-state index >= 15 is 0 Å². The lowest BCUT2D eigenvalue weighted by Gasteiger charge is -2.28. The highest BCUT2D eigenvalue weighted by Gasteiger charge is 2.26. The Hall–Kier alpha value is -0.610. The van der Waals surface area contributed by atoms with Gasteiger partial charge in [0.25, 0.3) is 0 Å². The summed E-state index contributed by atoms with van der Waals surface area (Å²) in [5, 5.41) is 0. The number of hydrogen-bond acceptors (Lipinski definition) is 3. The minimum absolute atomic E-state index is 0.0189. The number of carbonyl (C=O) groups excluding carboxylic acids is 1. The van der Waals surface area contributed by atoms with Crippen molar-refractivity contribution < 1.29 is 9.63 Å². The van der Waals surface area contributed by atoms with Crippen LogP contribution in [0.3, 0.4) is 0 Å². The molecule has 0 atom stereocenters. The van der Waals surface area contributed by atoms with Crippen LogP contribution in [0, 0.1) is 11.8 Å². The molecule has 1 amide bonds. The van der Waals surface area contributed by atoms with Crippen LogP contribution in [0.15, 0.2) is 0 Å². The van der Waals surface area contributed by atoms with Gasteiger partial charge >= 0.3 is 0 Å². The fourth-order valence-corrected chi connectivity index (χ4v) is 1.95. The zero-order valence-corrected chi connectivity index (χ0v) is 10.6. The van der Waals surface area contributed by atoms with E-state index < -0.39 is 0 Å². The number of nitrogens with one attached hydrogen (secondary N) is 1. The molecule has 0 saturated heterocycles. The van der Waals surface area contributed by atoms with Gasteiger partial charge in [0.05, 0.1) is 5.60 Å². The first-order chi connectivity index (χ1) is 7.42. The molecule has 0 unspecified atom stereocenters.